The lowest BCUT2D eigenvalue weighted by atomic mass is 9.79. The summed E-state index contributed by atoms with van der Waals surface area (Å²) in [7, 11) is -3.37. The Labute approximate surface area is 192 Å². The number of anilines is 1. The molecular weight excluding hydrogens is 450 g/mol. The maximum absolute atomic E-state index is 13.2. The average molecular weight is 474 g/mol. The van der Waals surface area contributed by atoms with Gasteiger partial charge in [-0.25, -0.2) is 8.42 Å². The SMILES string of the molecule is O=C(COC(=O)C1(c2ccc(Cl)cc2)CCCC1)N(c1ccccc1)C1C=CS(=O)(=O)C1. The van der Waals surface area contributed by atoms with Crippen LogP contribution in [-0.2, 0) is 29.6 Å². The van der Waals surface area contributed by atoms with E-state index < -0.39 is 39.8 Å². The lowest BCUT2D eigenvalue weighted by Crippen LogP contribution is -2.44. The van der Waals surface area contributed by atoms with Crippen molar-refractivity contribution in [3.05, 3.63) is 76.7 Å². The third-order valence-corrected chi connectivity index (χ3v) is 7.75. The number of hydrogen-bond acceptors (Lipinski definition) is 5. The zero-order chi connectivity index (χ0) is 22.8. The molecule has 1 fully saturated rings. The van der Waals surface area contributed by atoms with Gasteiger partial charge in [0.25, 0.3) is 5.91 Å². The Morgan fingerprint density at radius 1 is 1.03 bits per heavy atom. The molecule has 8 heteroatoms. The van der Waals surface area contributed by atoms with Crippen LogP contribution >= 0.6 is 11.6 Å². The highest BCUT2D eigenvalue weighted by Gasteiger charge is 2.44. The summed E-state index contributed by atoms with van der Waals surface area (Å²) < 4.78 is 29.4. The van der Waals surface area contributed by atoms with Crippen LogP contribution in [0.15, 0.2) is 66.1 Å². The number of carbonyl (C=O) groups excluding carboxylic acids is 2. The number of nitrogens with zero attached hydrogens (tertiary/aromatic N) is 1. The van der Waals surface area contributed by atoms with Gasteiger partial charge in [-0.15, -0.1) is 0 Å². The topological polar surface area (TPSA) is 80.8 Å². The zero-order valence-electron chi connectivity index (χ0n) is 17.4. The Kier molecular flexibility index (Phi) is 6.40. The molecule has 2 aliphatic rings. The summed E-state index contributed by atoms with van der Waals surface area (Å²) in [5.74, 6) is -1.11. The first kappa shape index (κ1) is 22.6. The van der Waals surface area contributed by atoms with Gasteiger partial charge >= 0.3 is 5.97 Å². The van der Waals surface area contributed by atoms with E-state index in [-0.39, 0.29) is 5.75 Å². The monoisotopic (exact) mass is 473 g/mol. The number of rotatable bonds is 6. The molecule has 0 radical (unpaired) electrons. The summed E-state index contributed by atoms with van der Waals surface area (Å²) in [6.45, 7) is -0.465. The minimum Gasteiger partial charge on any atom is -0.455 e. The number of sulfone groups is 1. The van der Waals surface area contributed by atoms with Crippen LogP contribution in [0.3, 0.4) is 0 Å². The highest BCUT2D eigenvalue weighted by Crippen LogP contribution is 2.42. The number of carbonyl (C=O) groups is 2. The predicted molar refractivity (Wildman–Crippen MR) is 123 cm³/mol. The Balaban J connectivity index is 1.53. The second kappa shape index (κ2) is 9.08. The molecule has 2 aromatic rings. The Morgan fingerprint density at radius 2 is 1.69 bits per heavy atom. The lowest BCUT2D eigenvalue weighted by Gasteiger charge is -2.30. The van der Waals surface area contributed by atoms with Crippen LogP contribution < -0.4 is 4.90 Å². The van der Waals surface area contributed by atoms with Crippen molar-refractivity contribution in [2.24, 2.45) is 0 Å². The van der Waals surface area contributed by atoms with Crippen molar-refractivity contribution in [2.45, 2.75) is 37.1 Å². The van der Waals surface area contributed by atoms with Crippen molar-refractivity contribution < 1.29 is 22.7 Å². The minimum atomic E-state index is -3.37. The largest absolute Gasteiger partial charge is 0.455 e. The number of hydrogen-bond donors (Lipinski definition) is 0. The molecule has 168 valence electrons. The van der Waals surface area contributed by atoms with Crippen LogP contribution in [0, 0.1) is 0 Å². The molecule has 0 saturated heterocycles. The number of para-hydroxylation sites is 1. The van der Waals surface area contributed by atoms with Gasteiger partial charge in [0.2, 0.25) is 0 Å². The van der Waals surface area contributed by atoms with Crippen LogP contribution in [-0.4, -0.2) is 38.7 Å². The van der Waals surface area contributed by atoms with E-state index in [1.165, 1.54) is 11.0 Å². The molecule has 2 aromatic carbocycles. The number of ether oxygens (including phenoxy) is 1. The molecular formula is C24H24ClNO5S. The number of benzene rings is 2. The molecule has 6 nitrogen and oxygen atoms in total. The maximum Gasteiger partial charge on any atom is 0.317 e. The van der Waals surface area contributed by atoms with Crippen molar-refractivity contribution in [1.82, 2.24) is 0 Å². The molecule has 0 spiro atoms. The highest BCUT2D eigenvalue weighted by atomic mass is 35.5. The summed E-state index contributed by atoms with van der Waals surface area (Å²) >= 11 is 6.01. The van der Waals surface area contributed by atoms with Gasteiger partial charge in [-0.2, -0.15) is 0 Å². The van der Waals surface area contributed by atoms with Crippen molar-refractivity contribution in [1.29, 1.82) is 0 Å². The molecule has 1 aliphatic heterocycles. The van der Waals surface area contributed by atoms with Crippen LogP contribution in [0.4, 0.5) is 5.69 Å². The molecule has 1 aliphatic carbocycles. The van der Waals surface area contributed by atoms with E-state index in [0.29, 0.717) is 23.6 Å². The smallest absolute Gasteiger partial charge is 0.317 e. The molecule has 1 unspecified atom stereocenters. The molecule has 0 N–H and O–H groups in total. The van der Waals surface area contributed by atoms with Gasteiger partial charge in [-0.05, 0) is 48.7 Å². The standard InChI is InChI=1S/C24H24ClNO5S/c25-19-10-8-18(9-11-19)24(13-4-5-14-24)23(28)31-16-22(27)26(20-6-2-1-3-7-20)21-12-15-32(29,30)17-21/h1-3,6-12,15,21H,4-5,13-14,16-17H2. The predicted octanol–water partition coefficient (Wildman–Crippen LogP) is 4.04. The highest BCUT2D eigenvalue weighted by molar-refractivity contribution is 7.94. The molecule has 1 amide bonds. The van der Waals surface area contributed by atoms with Crippen molar-refractivity contribution in [3.8, 4) is 0 Å². The first-order valence-corrected chi connectivity index (χ1v) is 12.6. The number of halogens is 1. The molecule has 32 heavy (non-hydrogen) atoms. The van der Waals surface area contributed by atoms with E-state index in [2.05, 4.69) is 0 Å². The fourth-order valence-electron chi connectivity index (χ4n) is 4.52. The van der Waals surface area contributed by atoms with E-state index in [0.717, 1.165) is 23.8 Å². The Hall–Kier alpha value is -2.64. The van der Waals surface area contributed by atoms with E-state index in [1.54, 1.807) is 36.4 Å². The first-order valence-electron chi connectivity index (χ1n) is 10.5. The van der Waals surface area contributed by atoms with Gasteiger partial charge < -0.3 is 9.64 Å². The van der Waals surface area contributed by atoms with E-state index in [4.69, 9.17) is 16.3 Å². The van der Waals surface area contributed by atoms with Crippen LogP contribution in [0.5, 0.6) is 0 Å². The number of amides is 1. The fraction of sp³-hybridized carbons (Fsp3) is 0.333. The summed E-state index contributed by atoms with van der Waals surface area (Å²) in [5, 5.41) is 1.71. The molecule has 1 heterocycles. The zero-order valence-corrected chi connectivity index (χ0v) is 19.0. The Bertz CT molecular complexity index is 1120. The van der Waals surface area contributed by atoms with Gasteiger partial charge in [-0.3, -0.25) is 9.59 Å². The summed E-state index contributed by atoms with van der Waals surface area (Å²) in [5.41, 5.74) is 0.592. The quantitative estimate of drug-likeness (QED) is 0.591. The van der Waals surface area contributed by atoms with E-state index in [1.807, 2.05) is 18.2 Å². The average Bonchev–Trinajstić information content (AvgIpc) is 3.41. The van der Waals surface area contributed by atoms with Crippen LogP contribution in [0.2, 0.25) is 5.02 Å². The third kappa shape index (κ3) is 4.59. The van der Waals surface area contributed by atoms with Crippen molar-refractivity contribution in [2.75, 3.05) is 17.3 Å². The van der Waals surface area contributed by atoms with Gasteiger partial charge in [-0.1, -0.05) is 54.8 Å². The second-order valence-electron chi connectivity index (χ2n) is 8.20. The molecule has 4 rings (SSSR count). The van der Waals surface area contributed by atoms with E-state index in [9.17, 15) is 18.0 Å². The summed E-state index contributed by atoms with van der Waals surface area (Å²) in [6.07, 6.45) is 4.58. The molecule has 1 atom stereocenters. The minimum absolute atomic E-state index is 0.198. The van der Waals surface area contributed by atoms with Gasteiger partial charge in [0, 0.05) is 16.1 Å². The van der Waals surface area contributed by atoms with Crippen LogP contribution in [0.1, 0.15) is 31.2 Å². The third-order valence-electron chi connectivity index (χ3n) is 6.12. The molecule has 0 aromatic heterocycles. The second-order valence-corrected chi connectivity index (χ2v) is 10.6. The maximum atomic E-state index is 13.2. The van der Waals surface area contributed by atoms with Gasteiger partial charge in [0.1, 0.15) is 0 Å². The first-order chi connectivity index (χ1) is 15.3. The van der Waals surface area contributed by atoms with Crippen molar-refractivity contribution >= 4 is 39.0 Å². The van der Waals surface area contributed by atoms with Crippen LogP contribution in [0.25, 0.3) is 0 Å². The fourth-order valence-corrected chi connectivity index (χ4v) is 5.92. The molecule has 1 saturated carbocycles. The van der Waals surface area contributed by atoms with Gasteiger partial charge in [0.15, 0.2) is 16.4 Å². The Morgan fingerprint density at radius 3 is 2.28 bits per heavy atom. The van der Waals surface area contributed by atoms with E-state index >= 15 is 0 Å². The van der Waals surface area contributed by atoms with Crippen molar-refractivity contribution in [3.63, 3.8) is 0 Å². The summed E-state index contributed by atoms with van der Waals surface area (Å²) in [6, 6.07) is 15.3. The molecule has 0 bridgehead atoms. The normalized spacial score (nSPS) is 20.7. The summed E-state index contributed by atoms with van der Waals surface area (Å²) in [4.78, 5) is 27.7. The number of esters is 1. The van der Waals surface area contributed by atoms with Gasteiger partial charge in [0.05, 0.1) is 17.2 Å². The lowest BCUT2D eigenvalue weighted by molar-refractivity contribution is -0.153.